The summed E-state index contributed by atoms with van der Waals surface area (Å²) in [4.78, 5) is 23.4. The summed E-state index contributed by atoms with van der Waals surface area (Å²) in [5.74, 6) is 0.0839. The van der Waals surface area contributed by atoms with Crippen LogP contribution in [0.3, 0.4) is 0 Å². The molecule has 0 spiro atoms. The summed E-state index contributed by atoms with van der Waals surface area (Å²) in [6.45, 7) is 8.41. The number of rotatable bonds is 3. The van der Waals surface area contributed by atoms with E-state index in [1.165, 1.54) is 12.1 Å². The predicted octanol–water partition coefficient (Wildman–Crippen LogP) is 3.74. The minimum absolute atomic E-state index is 0.00309. The minimum Gasteiger partial charge on any atom is -0.423 e. The van der Waals surface area contributed by atoms with Crippen LogP contribution >= 0.6 is 0 Å². The lowest BCUT2D eigenvalue weighted by atomic mass is 9.92. The highest BCUT2D eigenvalue weighted by atomic mass is 19.1. The molecule has 1 saturated heterocycles. The normalized spacial score (nSPS) is 16.1. The summed E-state index contributed by atoms with van der Waals surface area (Å²) in [6, 6.07) is 6.55. The maximum Gasteiger partial charge on any atom is 0.298 e. The fourth-order valence-corrected chi connectivity index (χ4v) is 3.58. The topological polar surface area (TPSA) is 64.2 Å². The zero-order valence-electron chi connectivity index (χ0n) is 16.5. The Bertz CT molecular complexity index is 1040. The van der Waals surface area contributed by atoms with Gasteiger partial charge in [-0.25, -0.2) is 9.37 Å². The van der Waals surface area contributed by atoms with E-state index in [1.54, 1.807) is 23.0 Å². The van der Waals surface area contributed by atoms with Crippen molar-refractivity contribution in [3.63, 3.8) is 0 Å². The Morgan fingerprint density at radius 2 is 1.96 bits per heavy atom. The number of benzene rings is 1. The number of nitrogens with zero attached hydrogens (tertiary/aromatic N) is 4. The van der Waals surface area contributed by atoms with Gasteiger partial charge >= 0.3 is 0 Å². The SMILES string of the molecule is CC(C)(C)c1cc(=O)n(CC2CCN(c3nc4cc(F)ccc4o3)CC2)cn1. The third-order valence-corrected chi connectivity index (χ3v) is 5.33. The number of hydrogen-bond donors (Lipinski definition) is 0. The molecule has 0 radical (unpaired) electrons. The van der Waals surface area contributed by atoms with Crippen molar-refractivity contribution in [2.75, 3.05) is 18.0 Å². The second kappa shape index (κ2) is 7.04. The molecule has 0 saturated carbocycles. The van der Waals surface area contributed by atoms with E-state index in [9.17, 15) is 9.18 Å². The first kappa shape index (κ1) is 18.7. The minimum atomic E-state index is -0.317. The highest BCUT2D eigenvalue weighted by molar-refractivity contribution is 5.74. The standard InChI is InChI=1S/C21H25FN4O2/c1-21(2,3)18-11-19(27)26(13-23-18)12-14-6-8-25(9-7-14)20-24-16-10-15(22)4-5-17(16)28-20/h4-5,10-11,13-14H,6-9,12H2,1-3H3. The summed E-state index contributed by atoms with van der Waals surface area (Å²) in [5.41, 5.74) is 1.81. The summed E-state index contributed by atoms with van der Waals surface area (Å²) in [5, 5.41) is 0. The Morgan fingerprint density at radius 1 is 1.21 bits per heavy atom. The van der Waals surface area contributed by atoms with Crippen LogP contribution in [-0.2, 0) is 12.0 Å². The largest absolute Gasteiger partial charge is 0.423 e. The molecule has 1 aliphatic rings. The number of oxazole rings is 1. The van der Waals surface area contributed by atoms with Gasteiger partial charge in [-0.15, -0.1) is 0 Å². The van der Waals surface area contributed by atoms with Crippen molar-refractivity contribution < 1.29 is 8.81 Å². The number of halogens is 1. The van der Waals surface area contributed by atoms with Crippen LogP contribution in [0.2, 0.25) is 0 Å². The average Bonchev–Trinajstić information content (AvgIpc) is 3.06. The third kappa shape index (κ3) is 3.79. The lowest BCUT2D eigenvalue weighted by Crippen LogP contribution is -2.36. The summed E-state index contributed by atoms with van der Waals surface area (Å²) in [7, 11) is 0. The lowest BCUT2D eigenvalue weighted by Gasteiger charge is -2.31. The van der Waals surface area contributed by atoms with Crippen molar-refractivity contribution in [2.45, 2.75) is 45.6 Å². The highest BCUT2D eigenvalue weighted by Gasteiger charge is 2.24. The number of piperidine rings is 1. The molecular formula is C21H25FN4O2. The van der Waals surface area contributed by atoms with E-state index in [0.717, 1.165) is 31.6 Å². The van der Waals surface area contributed by atoms with Crippen molar-refractivity contribution in [1.29, 1.82) is 0 Å². The van der Waals surface area contributed by atoms with Crippen molar-refractivity contribution in [3.8, 4) is 0 Å². The Morgan fingerprint density at radius 3 is 2.64 bits per heavy atom. The first-order chi connectivity index (χ1) is 13.3. The molecule has 2 aromatic heterocycles. The van der Waals surface area contributed by atoms with Gasteiger partial charge in [0.25, 0.3) is 11.6 Å². The molecule has 1 aromatic carbocycles. The molecule has 6 nitrogen and oxygen atoms in total. The zero-order valence-corrected chi connectivity index (χ0v) is 16.5. The maximum absolute atomic E-state index is 13.3. The van der Waals surface area contributed by atoms with Crippen molar-refractivity contribution in [2.24, 2.45) is 5.92 Å². The van der Waals surface area contributed by atoms with Gasteiger partial charge in [-0.3, -0.25) is 9.36 Å². The molecule has 7 heteroatoms. The van der Waals surface area contributed by atoms with Gasteiger partial charge in [0.15, 0.2) is 5.58 Å². The van der Waals surface area contributed by atoms with Crippen molar-refractivity contribution in [1.82, 2.24) is 14.5 Å². The number of anilines is 1. The summed E-state index contributed by atoms with van der Waals surface area (Å²) in [6.07, 6.45) is 3.53. The monoisotopic (exact) mass is 384 g/mol. The molecule has 0 aliphatic carbocycles. The smallest absolute Gasteiger partial charge is 0.298 e. The van der Waals surface area contributed by atoms with Gasteiger partial charge in [0.1, 0.15) is 11.3 Å². The van der Waals surface area contributed by atoms with Crippen molar-refractivity contribution in [3.05, 3.63) is 52.5 Å². The Hall–Kier alpha value is -2.70. The first-order valence-electron chi connectivity index (χ1n) is 9.67. The predicted molar refractivity (Wildman–Crippen MR) is 106 cm³/mol. The molecule has 3 heterocycles. The molecule has 0 unspecified atom stereocenters. The van der Waals surface area contributed by atoms with Crippen LogP contribution in [0.4, 0.5) is 10.4 Å². The lowest BCUT2D eigenvalue weighted by molar-refractivity contribution is 0.341. The number of aromatic nitrogens is 3. The molecule has 3 aromatic rings. The van der Waals surface area contributed by atoms with E-state index >= 15 is 0 Å². The van der Waals surface area contributed by atoms with E-state index in [0.29, 0.717) is 29.6 Å². The fourth-order valence-electron chi connectivity index (χ4n) is 3.58. The maximum atomic E-state index is 13.3. The van der Waals surface area contributed by atoms with E-state index < -0.39 is 0 Å². The Kier molecular flexibility index (Phi) is 4.69. The van der Waals surface area contributed by atoms with E-state index in [2.05, 4.69) is 35.6 Å². The van der Waals surface area contributed by atoms with Crippen LogP contribution < -0.4 is 10.5 Å². The van der Waals surface area contributed by atoms with Crippen LogP contribution in [0.25, 0.3) is 11.1 Å². The van der Waals surface area contributed by atoms with Crippen LogP contribution in [0.15, 0.2) is 39.8 Å². The van der Waals surface area contributed by atoms with Crippen LogP contribution in [0.5, 0.6) is 0 Å². The van der Waals surface area contributed by atoms with E-state index in [4.69, 9.17) is 4.42 Å². The molecule has 1 fully saturated rings. The van der Waals surface area contributed by atoms with Gasteiger partial charge in [0.05, 0.1) is 12.0 Å². The van der Waals surface area contributed by atoms with Crippen LogP contribution in [0.1, 0.15) is 39.3 Å². The molecule has 148 valence electrons. The highest BCUT2D eigenvalue weighted by Crippen LogP contribution is 2.27. The fraction of sp³-hybridized carbons (Fsp3) is 0.476. The molecule has 0 amide bonds. The summed E-state index contributed by atoms with van der Waals surface area (Å²) < 4.78 is 20.8. The Balaban J connectivity index is 1.41. The van der Waals surface area contributed by atoms with E-state index in [1.807, 2.05) is 0 Å². The number of fused-ring (bicyclic) bond motifs is 1. The van der Waals surface area contributed by atoms with Gasteiger partial charge in [-0.05, 0) is 30.9 Å². The van der Waals surface area contributed by atoms with Crippen LogP contribution in [0, 0.1) is 11.7 Å². The van der Waals surface area contributed by atoms with Gasteiger partial charge < -0.3 is 9.32 Å². The molecule has 4 rings (SSSR count). The molecular weight excluding hydrogens is 359 g/mol. The molecule has 28 heavy (non-hydrogen) atoms. The molecule has 0 bridgehead atoms. The third-order valence-electron chi connectivity index (χ3n) is 5.33. The number of hydrogen-bond acceptors (Lipinski definition) is 5. The first-order valence-corrected chi connectivity index (χ1v) is 9.67. The zero-order chi connectivity index (χ0) is 19.9. The second-order valence-corrected chi connectivity index (χ2v) is 8.55. The van der Waals surface area contributed by atoms with Crippen molar-refractivity contribution >= 4 is 17.1 Å². The summed E-state index contributed by atoms with van der Waals surface area (Å²) >= 11 is 0. The molecule has 0 atom stereocenters. The van der Waals surface area contributed by atoms with E-state index in [-0.39, 0.29) is 16.8 Å². The van der Waals surface area contributed by atoms with Gasteiger partial charge in [0, 0.05) is 37.2 Å². The second-order valence-electron chi connectivity index (χ2n) is 8.55. The quantitative estimate of drug-likeness (QED) is 0.688. The van der Waals surface area contributed by atoms with Gasteiger partial charge in [0.2, 0.25) is 0 Å². The Labute approximate surface area is 163 Å². The van der Waals surface area contributed by atoms with Gasteiger partial charge in [-0.1, -0.05) is 20.8 Å². The van der Waals surface area contributed by atoms with Crippen LogP contribution in [-0.4, -0.2) is 27.6 Å². The molecule has 0 N–H and O–H groups in total. The average molecular weight is 384 g/mol. The van der Waals surface area contributed by atoms with Gasteiger partial charge in [-0.2, -0.15) is 4.98 Å². The molecule has 1 aliphatic heterocycles.